The Hall–Kier alpha value is -3.64. The van der Waals surface area contributed by atoms with Gasteiger partial charge in [0.25, 0.3) is 5.91 Å². The number of hydrogen-bond acceptors (Lipinski definition) is 4. The topological polar surface area (TPSA) is 98.5 Å². The number of nitrogens with one attached hydrogen (secondary N) is 1. The zero-order valence-corrected chi connectivity index (χ0v) is 16.0. The molecule has 0 saturated carbocycles. The summed E-state index contributed by atoms with van der Waals surface area (Å²) in [4.78, 5) is 36.2. The van der Waals surface area contributed by atoms with E-state index >= 15 is 0 Å². The third-order valence-electron chi connectivity index (χ3n) is 4.08. The predicted molar refractivity (Wildman–Crippen MR) is 110 cm³/mol. The Kier molecular flexibility index (Phi) is 6.26. The average Bonchev–Trinajstić information content (AvgIpc) is 2.73. The molecule has 0 aromatic heterocycles. The first-order valence-electron chi connectivity index (χ1n) is 8.66. The minimum atomic E-state index is -0.610. The Labute approximate surface area is 172 Å². The van der Waals surface area contributed by atoms with Gasteiger partial charge in [-0.2, -0.15) is 0 Å². The Morgan fingerprint density at radius 3 is 2.34 bits per heavy atom. The predicted octanol–water partition coefficient (Wildman–Crippen LogP) is 4.05. The van der Waals surface area contributed by atoms with Crippen LogP contribution in [0, 0.1) is 0 Å². The first-order chi connectivity index (χ1) is 13.9. The van der Waals surface area contributed by atoms with Crippen molar-refractivity contribution in [3.05, 3.63) is 100 Å². The van der Waals surface area contributed by atoms with Gasteiger partial charge in [-0.3, -0.25) is 9.59 Å². The number of amides is 2. The van der Waals surface area contributed by atoms with Gasteiger partial charge in [0.2, 0.25) is 5.91 Å². The Balaban J connectivity index is 1.71. The number of halogens is 1. The van der Waals surface area contributed by atoms with Crippen LogP contribution in [0.1, 0.15) is 36.6 Å². The number of hydrogen-bond donors (Lipinski definition) is 2. The first-order valence-corrected chi connectivity index (χ1v) is 9.03. The molecular weight excluding hydrogens is 392 g/mol. The number of carbonyl (C=O) groups excluding carboxylic acids is 3. The number of primary amides is 1. The lowest BCUT2D eigenvalue weighted by Crippen LogP contribution is -2.16. The van der Waals surface area contributed by atoms with Gasteiger partial charge in [-0.05, 0) is 54.1 Å². The minimum Gasteiger partial charge on any atom is -0.457 e. The number of benzene rings is 3. The van der Waals surface area contributed by atoms with E-state index in [4.69, 9.17) is 22.1 Å². The van der Waals surface area contributed by atoms with E-state index in [0.29, 0.717) is 27.4 Å². The molecule has 2 amide bonds. The molecule has 0 bridgehead atoms. The van der Waals surface area contributed by atoms with Gasteiger partial charge in [-0.15, -0.1) is 0 Å². The molecule has 146 valence electrons. The molecule has 29 heavy (non-hydrogen) atoms. The lowest BCUT2D eigenvalue weighted by atomic mass is 10.1. The molecule has 0 unspecified atom stereocenters. The number of carbonyl (C=O) groups is 3. The SMILES string of the molecule is NC(=O)c1cccc(COC(=O)c2ccccc2NC(=O)c2ccc(Cl)cc2)c1. The van der Waals surface area contributed by atoms with Gasteiger partial charge in [0.15, 0.2) is 0 Å². The van der Waals surface area contributed by atoms with Crippen LogP contribution in [0.4, 0.5) is 5.69 Å². The van der Waals surface area contributed by atoms with E-state index in [1.807, 2.05) is 0 Å². The number of rotatable bonds is 6. The molecule has 6 nitrogen and oxygen atoms in total. The smallest absolute Gasteiger partial charge is 0.340 e. The lowest BCUT2D eigenvalue weighted by Gasteiger charge is -2.11. The van der Waals surface area contributed by atoms with E-state index in [-0.39, 0.29) is 18.1 Å². The Morgan fingerprint density at radius 1 is 0.897 bits per heavy atom. The highest BCUT2D eigenvalue weighted by atomic mass is 35.5. The van der Waals surface area contributed by atoms with Crippen molar-refractivity contribution in [2.45, 2.75) is 6.61 Å². The first kappa shape index (κ1) is 20.1. The molecule has 0 atom stereocenters. The number of esters is 1. The van der Waals surface area contributed by atoms with E-state index in [9.17, 15) is 14.4 Å². The van der Waals surface area contributed by atoms with Crippen LogP contribution in [0.15, 0.2) is 72.8 Å². The minimum absolute atomic E-state index is 0.0422. The summed E-state index contributed by atoms with van der Waals surface area (Å²) in [5.41, 5.74) is 7.14. The van der Waals surface area contributed by atoms with Gasteiger partial charge in [0, 0.05) is 16.1 Å². The molecule has 0 aliphatic heterocycles. The van der Waals surface area contributed by atoms with Gasteiger partial charge < -0.3 is 15.8 Å². The Morgan fingerprint density at radius 2 is 1.62 bits per heavy atom. The van der Waals surface area contributed by atoms with Crippen LogP contribution in [0.3, 0.4) is 0 Å². The maximum atomic E-state index is 12.5. The van der Waals surface area contributed by atoms with Crippen molar-refractivity contribution >= 4 is 35.1 Å². The molecule has 0 saturated heterocycles. The van der Waals surface area contributed by atoms with Crippen molar-refractivity contribution < 1.29 is 19.1 Å². The average molecular weight is 409 g/mol. The zero-order valence-electron chi connectivity index (χ0n) is 15.2. The van der Waals surface area contributed by atoms with Gasteiger partial charge >= 0.3 is 5.97 Å². The molecular formula is C22H17ClN2O4. The van der Waals surface area contributed by atoms with Crippen LogP contribution in [-0.2, 0) is 11.3 Å². The van der Waals surface area contributed by atoms with Crippen molar-refractivity contribution in [2.24, 2.45) is 5.73 Å². The van der Waals surface area contributed by atoms with Crippen molar-refractivity contribution in [3.63, 3.8) is 0 Å². The second kappa shape index (κ2) is 9.03. The van der Waals surface area contributed by atoms with Gasteiger partial charge in [0.05, 0.1) is 11.3 Å². The maximum Gasteiger partial charge on any atom is 0.340 e. The van der Waals surface area contributed by atoms with E-state index in [0.717, 1.165) is 0 Å². The van der Waals surface area contributed by atoms with E-state index < -0.39 is 11.9 Å². The van der Waals surface area contributed by atoms with Crippen LogP contribution in [0.2, 0.25) is 5.02 Å². The summed E-state index contributed by atoms with van der Waals surface area (Å²) in [6, 6.07) is 19.4. The summed E-state index contributed by atoms with van der Waals surface area (Å²) < 4.78 is 5.33. The molecule has 3 aromatic rings. The molecule has 0 spiro atoms. The molecule has 7 heteroatoms. The fourth-order valence-electron chi connectivity index (χ4n) is 2.61. The quantitative estimate of drug-likeness (QED) is 0.601. The molecule has 3 aromatic carbocycles. The van der Waals surface area contributed by atoms with Crippen LogP contribution in [0.5, 0.6) is 0 Å². The highest BCUT2D eigenvalue weighted by Crippen LogP contribution is 2.19. The second-order valence-corrected chi connectivity index (χ2v) is 6.58. The fourth-order valence-corrected chi connectivity index (χ4v) is 2.73. The number of para-hydroxylation sites is 1. The number of nitrogens with two attached hydrogens (primary N) is 1. The van der Waals surface area contributed by atoms with Crippen molar-refractivity contribution in [3.8, 4) is 0 Å². The normalized spacial score (nSPS) is 10.2. The summed E-state index contributed by atoms with van der Waals surface area (Å²) in [5, 5.41) is 3.22. The molecule has 0 fully saturated rings. The maximum absolute atomic E-state index is 12.5. The third kappa shape index (κ3) is 5.21. The molecule has 0 aliphatic carbocycles. The summed E-state index contributed by atoms with van der Waals surface area (Å²) in [7, 11) is 0. The summed E-state index contributed by atoms with van der Waals surface area (Å²) >= 11 is 5.84. The molecule has 3 rings (SSSR count). The molecule has 0 aliphatic rings. The fraction of sp³-hybridized carbons (Fsp3) is 0.0455. The molecule has 3 N–H and O–H groups in total. The van der Waals surface area contributed by atoms with E-state index in [1.54, 1.807) is 72.8 Å². The largest absolute Gasteiger partial charge is 0.457 e. The van der Waals surface area contributed by atoms with Gasteiger partial charge in [-0.25, -0.2) is 4.79 Å². The summed E-state index contributed by atoms with van der Waals surface area (Å²) in [6.07, 6.45) is 0. The standard InChI is InChI=1S/C22H17ClN2O4/c23-17-10-8-15(9-11-17)21(27)25-19-7-2-1-6-18(19)22(28)29-13-14-4-3-5-16(12-14)20(24)26/h1-12H,13H2,(H2,24,26)(H,25,27). The van der Waals surface area contributed by atoms with Crippen molar-refractivity contribution in [1.82, 2.24) is 0 Å². The molecule has 0 heterocycles. The number of anilines is 1. The van der Waals surface area contributed by atoms with Crippen LogP contribution >= 0.6 is 11.6 Å². The summed E-state index contributed by atoms with van der Waals surface area (Å²) in [6.45, 7) is -0.0422. The van der Waals surface area contributed by atoms with E-state index in [2.05, 4.69) is 5.32 Å². The van der Waals surface area contributed by atoms with Crippen molar-refractivity contribution in [2.75, 3.05) is 5.32 Å². The highest BCUT2D eigenvalue weighted by Gasteiger charge is 2.15. The monoisotopic (exact) mass is 408 g/mol. The van der Waals surface area contributed by atoms with E-state index in [1.165, 1.54) is 0 Å². The third-order valence-corrected chi connectivity index (χ3v) is 4.33. The summed E-state index contributed by atoms with van der Waals surface area (Å²) in [5.74, 6) is -1.55. The molecule has 0 radical (unpaired) electrons. The van der Waals surface area contributed by atoms with Crippen LogP contribution in [0.25, 0.3) is 0 Å². The second-order valence-electron chi connectivity index (χ2n) is 6.15. The highest BCUT2D eigenvalue weighted by molar-refractivity contribution is 6.30. The van der Waals surface area contributed by atoms with Gasteiger partial charge in [-0.1, -0.05) is 35.9 Å². The van der Waals surface area contributed by atoms with Crippen LogP contribution in [-0.4, -0.2) is 17.8 Å². The number of ether oxygens (including phenoxy) is 1. The lowest BCUT2D eigenvalue weighted by molar-refractivity contribution is 0.0474. The van der Waals surface area contributed by atoms with Gasteiger partial charge in [0.1, 0.15) is 6.61 Å². The van der Waals surface area contributed by atoms with Crippen LogP contribution < -0.4 is 11.1 Å². The Bertz CT molecular complexity index is 1060. The zero-order chi connectivity index (χ0) is 20.8. The van der Waals surface area contributed by atoms with Crippen molar-refractivity contribution in [1.29, 1.82) is 0 Å².